The summed E-state index contributed by atoms with van der Waals surface area (Å²) in [5.74, 6) is 0.598. The van der Waals surface area contributed by atoms with E-state index < -0.39 is 0 Å². The molecule has 0 bridgehead atoms. The number of carbonyl (C=O) groups is 2. The Labute approximate surface area is 195 Å². The van der Waals surface area contributed by atoms with Gasteiger partial charge in [0.25, 0.3) is 5.91 Å². The third kappa shape index (κ3) is 4.97. The molecule has 2 aromatic rings. The molecule has 1 saturated heterocycles. The smallest absolute Gasteiger partial charge is 0.276 e. The van der Waals surface area contributed by atoms with Gasteiger partial charge in [-0.25, -0.2) is 4.68 Å². The van der Waals surface area contributed by atoms with Gasteiger partial charge in [0.05, 0.1) is 18.2 Å². The van der Waals surface area contributed by atoms with E-state index in [4.69, 9.17) is 0 Å². The first-order valence-electron chi connectivity index (χ1n) is 12.8. The van der Waals surface area contributed by atoms with Crippen LogP contribution in [-0.4, -0.2) is 50.8 Å². The molecular formula is C26H35N5O2. The van der Waals surface area contributed by atoms with Gasteiger partial charge < -0.3 is 10.2 Å². The van der Waals surface area contributed by atoms with Gasteiger partial charge in [0.1, 0.15) is 0 Å². The molecule has 0 radical (unpaired) electrons. The van der Waals surface area contributed by atoms with Gasteiger partial charge in [-0.05, 0) is 62.8 Å². The molecule has 1 N–H and O–H groups in total. The Hall–Kier alpha value is -2.70. The van der Waals surface area contributed by atoms with Crippen LogP contribution in [0.1, 0.15) is 92.2 Å². The van der Waals surface area contributed by atoms with Crippen molar-refractivity contribution in [2.45, 2.75) is 82.2 Å². The predicted octanol–water partition coefficient (Wildman–Crippen LogP) is 4.09. The summed E-state index contributed by atoms with van der Waals surface area (Å²) < 4.78 is 1.87. The zero-order chi connectivity index (χ0) is 22.6. The molecule has 0 unspecified atom stereocenters. The Balaban J connectivity index is 1.17. The summed E-state index contributed by atoms with van der Waals surface area (Å²) in [4.78, 5) is 27.8. The largest absolute Gasteiger partial charge is 0.353 e. The molecular weight excluding hydrogens is 414 g/mol. The Morgan fingerprint density at radius 1 is 0.909 bits per heavy atom. The van der Waals surface area contributed by atoms with Gasteiger partial charge in [-0.15, -0.1) is 5.10 Å². The highest BCUT2D eigenvalue weighted by molar-refractivity contribution is 5.92. The topological polar surface area (TPSA) is 80.1 Å². The lowest BCUT2D eigenvalue weighted by molar-refractivity contribution is -0.124. The first-order chi connectivity index (χ1) is 16.2. The van der Waals surface area contributed by atoms with Crippen LogP contribution in [0.5, 0.6) is 0 Å². The molecule has 33 heavy (non-hydrogen) atoms. The van der Waals surface area contributed by atoms with Crippen LogP contribution >= 0.6 is 0 Å². The van der Waals surface area contributed by atoms with E-state index in [0.29, 0.717) is 11.6 Å². The van der Waals surface area contributed by atoms with Crippen molar-refractivity contribution in [1.29, 1.82) is 0 Å². The molecule has 2 heterocycles. The van der Waals surface area contributed by atoms with Crippen LogP contribution in [0.25, 0.3) is 0 Å². The second kappa shape index (κ2) is 10.1. The Morgan fingerprint density at radius 2 is 1.61 bits per heavy atom. The van der Waals surface area contributed by atoms with Gasteiger partial charge in [-0.1, -0.05) is 48.4 Å². The van der Waals surface area contributed by atoms with Crippen molar-refractivity contribution in [3.05, 3.63) is 47.8 Å². The van der Waals surface area contributed by atoms with Gasteiger partial charge >= 0.3 is 0 Å². The van der Waals surface area contributed by atoms with E-state index in [1.54, 1.807) is 0 Å². The fraction of sp³-hybridized carbons (Fsp3) is 0.615. The molecule has 2 amide bonds. The molecule has 2 saturated carbocycles. The van der Waals surface area contributed by atoms with Crippen molar-refractivity contribution in [2.24, 2.45) is 5.92 Å². The minimum atomic E-state index is -0.0408. The van der Waals surface area contributed by atoms with E-state index >= 15 is 0 Å². The lowest BCUT2D eigenvalue weighted by Gasteiger charge is -2.31. The molecule has 7 nitrogen and oxygen atoms in total. The molecule has 1 aliphatic heterocycles. The minimum Gasteiger partial charge on any atom is -0.353 e. The van der Waals surface area contributed by atoms with Crippen molar-refractivity contribution in [2.75, 3.05) is 13.1 Å². The highest BCUT2D eigenvalue weighted by Gasteiger charge is 2.34. The van der Waals surface area contributed by atoms with Crippen LogP contribution in [-0.2, 0) is 4.79 Å². The average Bonchev–Trinajstić information content (AvgIpc) is 3.63. The van der Waals surface area contributed by atoms with Crippen LogP contribution in [0.2, 0.25) is 0 Å². The lowest BCUT2D eigenvalue weighted by atomic mass is 9.83. The Morgan fingerprint density at radius 3 is 2.30 bits per heavy atom. The monoisotopic (exact) mass is 449 g/mol. The van der Waals surface area contributed by atoms with Gasteiger partial charge in [-0.3, -0.25) is 9.59 Å². The van der Waals surface area contributed by atoms with Crippen LogP contribution < -0.4 is 5.32 Å². The second-order valence-corrected chi connectivity index (χ2v) is 10.0. The molecule has 3 fully saturated rings. The number of hydrogen-bond acceptors (Lipinski definition) is 4. The van der Waals surface area contributed by atoms with Crippen LogP contribution in [0, 0.1) is 5.92 Å². The van der Waals surface area contributed by atoms with Crippen LogP contribution in [0.3, 0.4) is 0 Å². The van der Waals surface area contributed by atoms with E-state index in [-0.39, 0.29) is 29.8 Å². The summed E-state index contributed by atoms with van der Waals surface area (Å²) in [6.07, 6.45) is 12.4. The summed E-state index contributed by atoms with van der Waals surface area (Å²) in [7, 11) is 0. The molecule has 1 atom stereocenters. The first kappa shape index (κ1) is 22.1. The summed E-state index contributed by atoms with van der Waals surface area (Å²) in [5.41, 5.74) is 1.60. The zero-order valence-corrected chi connectivity index (χ0v) is 19.4. The molecule has 176 valence electrons. The number of hydrogen-bond donors (Lipinski definition) is 1. The molecule has 7 heteroatoms. The number of likely N-dealkylation sites (tertiary alicyclic amines) is 1. The maximum atomic E-state index is 13.4. The zero-order valence-electron chi connectivity index (χ0n) is 19.4. The summed E-state index contributed by atoms with van der Waals surface area (Å²) in [5, 5.41) is 11.8. The summed E-state index contributed by atoms with van der Waals surface area (Å²) >= 11 is 0. The fourth-order valence-electron chi connectivity index (χ4n) is 6.00. The Kier molecular flexibility index (Phi) is 6.74. The summed E-state index contributed by atoms with van der Waals surface area (Å²) in [6, 6.07) is 10.7. The summed E-state index contributed by atoms with van der Waals surface area (Å²) in [6.45, 7) is 1.64. The van der Waals surface area contributed by atoms with Crippen molar-refractivity contribution in [1.82, 2.24) is 25.2 Å². The van der Waals surface area contributed by atoms with Gasteiger partial charge in [-0.2, -0.15) is 0 Å². The lowest BCUT2D eigenvalue weighted by Crippen LogP contribution is -2.42. The normalized spacial score (nSPS) is 24.7. The molecule has 3 aliphatic rings. The van der Waals surface area contributed by atoms with E-state index in [2.05, 4.69) is 27.8 Å². The molecule has 1 aromatic carbocycles. The standard InChI is InChI=1S/C26H35N5O2/c32-25(24(20-10-4-5-11-20)19-8-2-1-3-9-19)27-21-12-14-22(15-13-21)31-18-23(28-29-31)26(33)30-16-6-7-17-30/h1-3,8-9,18,20-22,24H,4-7,10-17H2,(H,27,32)/t21?,22?,24-/m1/s1. The van der Waals surface area contributed by atoms with E-state index in [0.717, 1.165) is 70.0 Å². The molecule has 5 rings (SSSR count). The number of nitrogens with zero attached hydrogens (tertiary/aromatic N) is 4. The third-order valence-corrected chi connectivity index (χ3v) is 7.85. The van der Waals surface area contributed by atoms with Crippen molar-refractivity contribution in [3.63, 3.8) is 0 Å². The molecule has 2 aliphatic carbocycles. The fourth-order valence-corrected chi connectivity index (χ4v) is 6.00. The number of aromatic nitrogens is 3. The van der Waals surface area contributed by atoms with Crippen molar-refractivity contribution < 1.29 is 9.59 Å². The van der Waals surface area contributed by atoms with Gasteiger partial charge in [0, 0.05) is 19.1 Å². The van der Waals surface area contributed by atoms with Crippen molar-refractivity contribution in [3.8, 4) is 0 Å². The van der Waals surface area contributed by atoms with Gasteiger partial charge in [0.15, 0.2) is 5.69 Å². The number of nitrogens with one attached hydrogen (secondary N) is 1. The van der Waals surface area contributed by atoms with Crippen LogP contribution in [0.15, 0.2) is 36.5 Å². The van der Waals surface area contributed by atoms with Crippen LogP contribution in [0.4, 0.5) is 0 Å². The van der Waals surface area contributed by atoms with Crippen molar-refractivity contribution >= 4 is 11.8 Å². The maximum Gasteiger partial charge on any atom is 0.276 e. The quantitative estimate of drug-likeness (QED) is 0.720. The van der Waals surface area contributed by atoms with E-state index in [1.807, 2.05) is 34.0 Å². The predicted molar refractivity (Wildman–Crippen MR) is 126 cm³/mol. The average molecular weight is 450 g/mol. The number of carbonyl (C=O) groups excluding carboxylic acids is 2. The minimum absolute atomic E-state index is 0.00133. The van der Waals surface area contributed by atoms with E-state index in [9.17, 15) is 9.59 Å². The first-order valence-corrected chi connectivity index (χ1v) is 12.8. The highest BCUT2D eigenvalue weighted by Crippen LogP contribution is 2.38. The Bertz CT molecular complexity index is 939. The molecule has 1 aromatic heterocycles. The number of benzene rings is 1. The highest BCUT2D eigenvalue weighted by atomic mass is 16.2. The molecule has 0 spiro atoms. The SMILES string of the molecule is O=C(NC1CCC(n2cc(C(=O)N3CCCC3)nn2)CC1)[C@H](c1ccccc1)C1CCCC1. The van der Waals surface area contributed by atoms with Gasteiger partial charge in [0.2, 0.25) is 5.91 Å². The number of amides is 2. The second-order valence-electron chi connectivity index (χ2n) is 10.0. The maximum absolute atomic E-state index is 13.4. The number of rotatable bonds is 6. The third-order valence-electron chi connectivity index (χ3n) is 7.85. The van der Waals surface area contributed by atoms with E-state index in [1.165, 1.54) is 12.8 Å².